The van der Waals surface area contributed by atoms with Gasteiger partial charge < -0.3 is 0 Å². The molecule has 142 valence electrons. The highest BCUT2D eigenvalue weighted by Gasteiger charge is 2.54. The van der Waals surface area contributed by atoms with Gasteiger partial charge in [0.1, 0.15) is 16.9 Å². The standard InChI is InChI=1S/C23H23N3OS/c24-12-18-3-4-20(19-2-1-5-25-13-19)26-22(18)28-14-21(27)23-9-15-6-16(10-23)8-17(7-15)11-23/h1-5,13,15-17H,6-11,14H2. The van der Waals surface area contributed by atoms with Crippen molar-refractivity contribution in [2.75, 3.05) is 5.75 Å². The van der Waals surface area contributed by atoms with Gasteiger partial charge in [0.05, 0.1) is 17.0 Å². The molecule has 0 radical (unpaired) electrons. The molecule has 0 atom stereocenters. The number of hydrogen-bond acceptors (Lipinski definition) is 5. The fourth-order valence-electron chi connectivity index (χ4n) is 6.05. The lowest BCUT2D eigenvalue weighted by Crippen LogP contribution is -2.50. The molecule has 0 spiro atoms. The summed E-state index contributed by atoms with van der Waals surface area (Å²) in [6, 6.07) is 9.70. The molecule has 4 bridgehead atoms. The van der Waals surface area contributed by atoms with E-state index in [2.05, 4.69) is 16.0 Å². The van der Waals surface area contributed by atoms with E-state index in [1.807, 2.05) is 18.2 Å². The van der Waals surface area contributed by atoms with Crippen molar-refractivity contribution in [3.63, 3.8) is 0 Å². The molecule has 2 aromatic rings. The number of aromatic nitrogens is 2. The number of nitrogens with zero attached hydrogens (tertiary/aromatic N) is 3. The first-order chi connectivity index (χ1) is 13.6. The fourth-order valence-corrected chi connectivity index (χ4v) is 7.06. The number of carbonyl (C=O) groups is 1. The van der Waals surface area contributed by atoms with Crippen LogP contribution in [0, 0.1) is 34.5 Å². The third-order valence-electron chi connectivity index (χ3n) is 6.91. The zero-order chi connectivity index (χ0) is 19.1. The monoisotopic (exact) mass is 389 g/mol. The molecule has 2 heterocycles. The molecule has 4 nitrogen and oxygen atoms in total. The van der Waals surface area contributed by atoms with Crippen molar-refractivity contribution in [1.82, 2.24) is 9.97 Å². The largest absolute Gasteiger partial charge is 0.298 e. The summed E-state index contributed by atoms with van der Waals surface area (Å²) in [5.41, 5.74) is 2.16. The quantitative estimate of drug-likeness (QED) is 0.681. The van der Waals surface area contributed by atoms with Crippen molar-refractivity contribution >= 4 is 17.5 Å². The van der Waals surface area contributed by atoms with Gasteiger partial charge >= 0.3 is 0 Å². The van der Waals surface area contributed by atoms with E-state index >= 15 is 0 Å². The third kappa shape index (κ3) is 3.14. The van der Waals surface area contributed by atoms with Gasteiger partial charge in [-0.2, -0.15) is 5.26 Å². The summed E-state index contributed by atoms with van der Waals surface area (Å²) in [4.78, 5) is 22.1. The highest BCUT2D eigenvalue weighted by Crippen LogP contribution is 2.60. The number of hydrogen-bond donors (Lipinski definition) is 0. The maximum atomic E-state index is 13.3. The minimum absolute atomic E-state index is 0.0878. The van der Waals surface area contributed by atoms with Gasteiger partial charge in [0.25, 0.3) is 0 Å². The van der Waals surface area contributed by atoms with Crippen LogP contribution in [0.2, 0.25) is 0 Å². The van der Waals surface area contributed by atoms with Crippen LogP contribution in [0.5, 0.6) is 0 Å². The Labute approximate surface area is 169 Å². The Morgan fingerprint density at radius 2 is 1.86 bits per heavy atom. The van der Waals surface area contributed by atoms with Crippen molar-refractivity contribution < 1.29 is 4.79 Å². The van der Waals surface area contributed by atoms with E-state index < -0.39 is 0 Å². The second-order valence-electron chi connectivity index (χ2n) is 8.81. The Kier molecular flexibility index (Phi) is 4.47. The van der Waals surface area contributed by atoms with Crippen LogP contribution in [-0.2, 0) is 4.79 Å². The second kappa shape index (κ2) is 7.00. The summed E-state index contributed by atoms with van der Waals surface area (Å²) in [7, 11) is 0. The molecule has 2 aromatic heterocycles. The highest BCUT2D eigenvalue weighted by atomic mass is 32.2. The SMILES string of the molecule is N#Cc1ccc(-c2cccnc2)nc1SCC(=O)C12CC3CC(CC(C3)C1)C2. The molecule has 0 aromatic carbocycles. The lowest BCUT2D eigenvalue weighted by molar-refractivity contribution is -0.141. The van der Waals surface area contributed by atoms with Crippen LogP contribution in [-0.4, -0.2) is 21.5 Å². The summed E-state index contributed by atoms with van der Waals surface area (Å²) in [6.45, 7) is 0. The summed E-state index contributed by atoms with van der Waals surface area (Å²) in [5.74, 6) is 3.10. The van der Waals surface area contributed by atoms with Crippen LogP contribution in [0.25, 0.3) is 11.3 Å². The first-order valence-electron chi connectivity index (χ1n) is 10.1. The van der Waals surface area contributed by atoms with Gasteiger partial charge in [-0.25, -0.2) is 4.98 Å². The van der Waals surface area contributed by atoms with Gasteiger partial charge in [0, 0.05) is 23.4 Å². The number of pyridine rings is 2. The molecule has 4 fully saturated rings. The topological polar surface area (TPSA) is 66.6 Å². The van der Waals surface area contributed by atoms with E-state index in [-0.39, 0.29) is 5.41 Å². The first kappa shape index (κ1) is 17.9. The van der Waals surface area contributed by atoms with Crippen LogP contribution in [0.1, 0.15) is 44.1 Å². The summed E-state index contributed by atoms with van der Waals surface area (Å²) < 4.78 is 0. The number of rotatable bonds is 5. The number of thioether (sulfide) groups is 1. The maximum absolute atomic E-state index is 13.3. The molecule has 4 aliphatic carbocycles. The third-order valence-corrected chi connectivity index (χ3v) is 7.90. The molecular formula is C23H23N3OS. The van der Waals surface area contributed by atoms with Crippen LogP contribution < -0.4 is 0 Å². The Bertz CT molecular complexity index is 915. The molecule has 4 aliphatic rings. The summed E-state index contributed by atoms with van der Waals surface area (Å²) >= 11 is 1.43. The highest BCUT2D eigenvalue weighted by molar-refractivity contribution is 8.00. The summed E-state index contributed by atoms with van der Waals surface area (Å²) in [5, 5.41) is 10.1. The minimum Gasteiger partial charge on any atom is -0.298 e. The predicted molar refractivity (Wildman–Crippen MR) is 109 cm³/mol. The maximum Gasteiger partial charge on any atom is 0.149 e. The van der Waals surface area contributed by atoms with Crippen molar-refractivity contribution in [2.45, 2.75) is 43.6 Å². The van der Waals surface area contributed by atoms with Crippen molar-refractivity contribution in [1.29, 1.82) is 5.26 Å². The lowest BCUT2D eigenvalue weighted by Gasteiger charge is -2.56. The molecule has 0 N–H and O–H groups in total. The average molecular weight is 390 g/mol. The number of nitriles is 1. The predicted octanol–water partition coefficient (Wildman–Crippen LogP) is 4.89. The molecular weight excluding hydrogens is 366 g/mol. The van der Waals surface area contributed by atoms with E-state index in [0.29, 0.717) is 22.1 Å². The van der Waals surface area contributed by atoms with E-state index in [9.17, 15) is 10.1 Å². The Balaban J connectivity index is 1.35. The van der Waals surface area contributed by atoms with Gasteiger partial charge in [0.15, 0.2) is 0 Å². The van der Waals surface area contributed by atoms with Crippen molar-refractivity contribution in [2.24, 2.45) is 23.2 Å². The molecule has 0 aliphatic heterocycles. The Morgan fingerprint density at radius 1 is 1.14 bits per heavy atom. The van der Waals surface area contributed by atoms with Gasteiger partial charge in [-0.3, -0.25) is 9.78 Å². The number of carbonyl (C=O) groups excluding carboxylic acids is 1. The molecule has 4 saturated carbocycles. The van der Waals surface area contributed by atoms with E-state index in [4.69, 9.17) is 0 Å². The number of ketones is 1. The van der Waals surface area contributed by atoms with Gasteiger partial charge in [-0.15, -0.1) is 0 Å². The molecule has 6 rings (SSSR count). The fraction of sp³-hybridized carbons (Fsp3) is 0.478. The summed E-state index contributed by atoms with van der Waals surface area (Å²) in [6.07, 6.45) is 10.8. The van der Waals surface area contributed by atoms with Crippen LogP contribution in [0.4, 0.5) is 0 Å². The van der Waals surface area contributed by atoms with Crippen LogP contribution in [0.15, 0.2) is 41.7 Å². The smallest absolute Gasteiger partial charge is 0.149 e. The molecule has 0 saturated heterocycles. The molecule has 28 heavy (non-hydrogen) atoms. The zero-order valence-corrected chi connectivity index (χ0v) is 16.6. The normalized spacial score (nSPS) is 30.2. The molecule has 5 heteroatoms. The first-order valence-corrected chi connectivity index (χ1v) is 11.1. The molecule has 0 amide bonds. The average Bonchev–Trinajstić information content (AvgIpc) is 2.71. The van der Waals surface area contributed by atoms with E-state index in [1.54, 1.807) is 18.5 Å². The van der Waals surface area contributed by atoms with Gasteiger partial charge in [-0.1, -0.05) is 11.8 Å². The van der Waals surface area contributed by atoms with Crippen molar-refractivity contribution in [3.8, 4) is 17.3 Å². The van der Waals surface area contributed by atoms with E-state index in [1.165, 1.54) is 31.0 Å². The molecule has 0 unspecified atom stereocenters. The number of Topliss-reactive ketones (excluding diaryl/α,β-unsaturated/α-hetero) is 1. The van der Waals surface area contributed by atoms with Crippen LogP contribution in [0.3, 0.4) is 0 Å². The van der Waals surface area contributed by atoms with E-state index in [0.717, 1.165) is 48.3 Å². The Morgan fingerprint density at radius 3 is 2.46 bits per heavy atom. The van der Waals surface area contributed by atoms with Gasteiger partial charge in [-0.05, 0) is 80.5 Å². The lowest BCUT2D eigenvalue weighted by atomic mass is 9.48. The van der Waals surface area contributed by atoms with Crippen LogP contribution >= 0.6 is 11.8 Å². The van der Waals surface area contributed by atoms with Gasteiger partial charge in [0.2, 0.25) is 0 Å². The zero-order valence-electron chi connectivity index (χ0n) is 15.8. The minimum atomic E-state index is -0.0878. The van der Waals surface area contributed by atoms with Crippen molar-refractivity contribution in [3.05, 3.63) is 42.2 Å². The Hall–Kier alpha value is -2.19. The second-order valence-corrected chi connectivity index (χ2v) is 9.78.